The lowest BCUT2D eigenvalue weighted by atomic mass is 10.1. The van der Waals surface area contributed by atoms with E-state index in [0.29, 0.717) is 11.9 Å². The lowest BCUT2D eigenvalue weighted by Crippen LogP contribution is -2.20. The summed E-state index contributed by atoms with van der Waals surface area (Å²) in [6.45, 7) is 8.44. The summed E-state index contributed by atoms with van der Waals surface area (Å²) >= 11 is 0. The van der Waals surface area contributed by atoms with E-state index in [4.69, 9.17) is 5.73 Å². The molecule has 0 saturated carbocycles. The summed E-state index contributed by atoms with van der Waals surface area (Å²) in [6.07, 6.45) is 4.08. The van der Waals surface area contributed by atoms with E-state index in [1.165, 1.54) is 0 Å². The monoisotopic (exact) mass is 236 g/mol. The molecule has 1 aromatic rings. The van der Waals surface area contributed by atoms with Crippen molar-refractivity contribution in [2.24, 2.45) is 0 Å². The van der Waals surface area contributed by atoms with Gasteiger partial charge in [-0.1, -0.05) is 20.8 Å². The van der Waals surface area contributed by atoms with Crippen LogP contribution in [0.15, 0.2) is 0 Å². The average molecular weight is 236 g/mol. The molecule has 0 atom stereocenters. The average Bonchev–Trinajstić information content (AvgIpc) is 2.32. The standard InChI is InChI=1S/C13H24N4/c1-5-8-11-16-12(14)9(4)13(17-11)15-10(6-2)7-3/h10H,5-8H2,1-4H3,(H3,14,15,16,17). The molecule has 3 N–H and O–H groups in total. The predicted octanol–water partition coefficient (Wildman–Crippen LogP) is 2.92. The Morgan fingerprint density at radius 1 is 1.18 bits per heavy atom. The minimum Gasteiger partial charge on any atom is -0.383 e. The SMILES string of the molecule is CCCc1nc(N)c(C)c(NC(CC)CC)n1. The fraction of sp³-hybridized carbons (Fsp3) is 0.692. The molecule has 4 heteroatoms. The highest BCUT2D eigenvalue weighted by atomic mass is 15.1. The summed E-state index contributed by atoms with van der Waals surface area (Å²) < 4.78 is 0. The van der Waals surface area contributed by atoms with Crippen molar-refractivity contribution in [3.8, 4) is 0 Å². The number of anilines is 2. The Kier molecular flexibility index (Phi) is 5.19. The van der Waals surface area contributed by atoms with Crippen LogP contribution in [0.4, 0.5) is 11.6 Å². The van der Waals surface area contributed by atoms with E-state index in [2.05, 4.69) is 36.1 Å². The van der Waals surface area contributed by atoms with E-state index in [0.717, 1.165) is 42.9 Å². The molecule has 0 spiro atoms. The molecule has 0 aliphatic rings. The number of rotatable bonds is 6. The lowest BCUT2D eigenvalue weighted by Gasteiger charge is -2.18. The largest absolute Gasteiger partial charge is 0.383 e. The Morgan fingerprint density at radius 2 is 1.82 bits per heavy atom. The molecule has 96 valence electrons. The summed E-state index contributed by atoms with van der Waals surface area (Å²) in [5, 5.41) is 3.46. The highest BCUT2D eigenvalue weighted by Crippen LogP contribution is 2.19. The van der Waals surface area contributed by atoms with Crippen LogP contribution in [-0.2, 0) is 6.42 Å². The third kappa shape index (κ3) is 3.58. The Labute approximate surface area is 104 Å². The van der Waals surface area contributed by atoms with Gasteiger partial charge in [0, 0.05) is 18.0 Å². The molecular formula is C13H24N4. The van der Waals surface area contributed by atoms with Gasteiger partial charge in [0.2, 0.25) is 0 Å². The van der Waals surface area contributed by atoms with Gasteiger partial charge >= 0.3 is 0 Å². The van der Waals surface area contributed by atoms with Gasteiger partial charge in [-0.25, -0.2) is 9.97 Å². The third-order valence-corrected chi connectivity index (χ3v) is 3.03. The van der Waals surface area contributed by atoms with Gasteiger partial charge in [-0.05, 0) is 26.2 Å². The molecule has 0 saturated heterocycles. The Balaban J connectivity index is 2.96. The molecular weight excluding hydrogens is 212 g/mol. The maximum atomic E-state index is 5.92. The summed E-state index contributed by atoms with van der Waals surface area (Å²) in [4.78, 5) is 8.87. The first kappa shape index (κ1) is 13.7. The van der Waals surface area contributed by atoms with Crippen LogP contribution in [0.1, 0.15) is 51.4 Å². The molecule has 4 nitrogen and oxygen atoms in total. The number of aryl methyl sites for hydroxylation is 1. The van der Waals surface area contributed by atoms with Gasteiger partial charge in [0.25, 0.3) is 0 Å². The molecule has 17 heavy (non-hydrogen) atoms. The van der Waals surface area contributed by atoms with E-state index < -0.39 is 0 Å². The van der Waals surface area contributed by atoms with E-state index in [-0.39, 0.29) is 0 Å². The van der Waals surface area contributed by atoms with Gasteiger partial charge in [0.15, 0.2) is 0 Å². The van der Waals surface area contributed by atoms with Crippen molar-refractivity contribution in [2.75, 3.05) is 11.1 Å². The van der Waals surface area contributed by atoms with E-state index in [9.17, 15) is 0 Å². The van der Waals surface area contributed by atoms with Crippen molar-refractivity contribution in [1.82, 2.24) is 9.97 Å². The van der Waals surface area contributed by atoms with Crippen molar-refractivity contribution < 1.29 is 0 Å². The molecule has 1 rings (SSSR count). The normalized spacial score (nSPS) is 10.9. The number of nitrogens with one attached hydrogen (secondary N) is 1. The molecule has 0 unspecified atom stereocenters. The molecule has 0 bridgehead atoms. The van der Waals surface area contributed by atoms with Crippen molar-refractivity contribution in [2.45, 2.75) is 59.4 Å². The van der Waals surface area contributed by atoms with Crippen LogP contribution >= 0.6 is 0 Å². The minimum atomic E-state index is 0.456. The van der Waals surface area contributed by atoms with E-state index in [1.807, 2.05) is 6.92 Å². The number of aromatic nitrogens is 2. The third-order valence-electron chi connectivity index (χ3n) is 3.03. The number of nitrogens with zero attached hydrogens (tertiary/aromatic N) is 2. The second-order valence-electron chi connectivity index (χ2n) is 4.41. The molecule has 1 heterocycles. The highest BCUT2D eigenvalue weighted by molar-refractivity contribution is 5.55. The van der Waals surface area contributed by atoms with Crippen molar-refractivity contribution in [1.29, 1.82) is 0 Å². The topological polar surface area (TPSA) is 63.8 Å². The van der Waals surface area contributed by atoms with Crippen LogP contribution in [0, 0.1) is 6.92 Å². The summed E-state index contributed by atoms with van der Waals surface area (Å²) in [5.41, 5.74) is 6.87. The molecule has 0 aromatic carbocycles. The predicted molar refractivity (Wildman–Crippen MR) is 73.2 cm³/mol. The summed E-state index contributed by atoms with van der Waals surface area (Å²) in [7, 11) is 0. The zero-order chi connectivity index (χ0) is 12.8. The maximum Gasteiger partial charge on any atom is 0.134 e. The molecule has 0 aliphatic carbocycles. The number of hydrogen-bond acceptors (Lipinski definition) is 4. The molecule has 0 aliphatic heterocycles. The summed E-state index contributed by atoms with van der Waals surface area (Å²) in [5.74, 6) is 2.33. The second kappa shape index (κ2) is 6.42. The molecule has 0 amide bonds. The van der Waals surface area contributed by atoms with Gasteiger partial charge in [-0.3, -0.25) is 0 Å². The zero-order valence-electron chi connectivity index (χ0n) is 11.4. The molecule has 0 fully saturated rings. The fourth-order valence-corrected chi connectivity index (χ4v) is 1.74. The number of nitrogen functional groups attached to an aromatic ring is 1. The Morgan fingerprint density at radius 3 is 2.35 bits per heavy atom. The van der Waals surface area contributed by atoms with Crippen molar-refractivity contribution in [3.63, 3.8) is 0 Å². The smallest absolute Gasteiger partial charge is 0.134 e. The Bertz CT molecular complexity index is 359. The summed E-state index contributed by atoms with van der Waals surface area (Å²) in [6, 6.07) is 0.456. The van der Waals surface area contributed by atoms with Gasteiger partial charge < -0.3 is 11.1 Å². The van der Waals surface area contributed by atoms with Crippen molar-refractivity contribution in [3.05, 3.63) is 11.4 Å². The minimum absolute atomic E-state index is 0.456. The van der Waals surface area contributed by atoms with Crippen LogP contribution in [0.25, 0.3) is 0 Å². The Hall–Kier alpha value is -1.32. The van der Waals surface area contributed by atoms with Crippen molar-refractivity contribution >= 4 is 11.6 Å². The van der Waals surface area contributed by atoms with Crippen LogP contribution in [0.5, 0.6) is 0 Å². The van der Waals surface area contributed by atoms with Crippen LogP contribution < -0.4 is 11.1 Å². The van der Waals surface area contributed by atoms with Crippen LogP contribution in [0.3, 0.4) is 0 Å². The van der Waals surface area contributed by atoms with E-state index in [1.54, 1.807) is 0 Å². The first-order valence-electron chi connectivity index (χ1n) is 6.51. The number of nitrogens with two attached hydrogens (primary N) is 1. The molecule has 1 aromatic heterocycles. The van der Waals surface area contributed by atoms with Crippen LogP contribution in [0.2, 0.25) is 0 Å². The maximum absolute atomic E-state index is 5.92. The second-order valence-corrected chi connectivity index (χ2v) is 4.41. The first-order valence-corrected chi connectivity index (χ1v) is 6.51. The lowest BCUT2D eigenvalue weighted by molar-refractivity contribution is 0.665. The van der Waals surface area contributed by atoms with Gasteiger partial charge in [-0.15, -0.1) is 0 Å². The quantitative estimate of drug-likeness (QED) is 0.797. The highest BCUT2D eigenvalue weighted by Gasteiger charge is 2.11. The van der Waals surface area contributed by atoms with Crippen LogP contribution in [-0.4, -0.2) is 16.0 Å². The number of hydrogen-bond donors (Lipinski definition) is 2. The van der Waals surface area contributed by atoms with E-state index >= 15 is 0 Å². The van der Waals surface area contributed by atoms with Gasteiger partial charge in [-0.2, -0.15) is 0 Å². The fourth-order valence-electron chi connectivity index (χ4n) is 1.74. The van der Waals surface area contributed by atoms with Gasteiger partial charge in [0.05, 0.1) is 0 Å². The zero-order valence-corrected chi connectivity index (χ0v) is 11.4. The van der Waals surface area contributed by atoms with Gasteiger partial charge in [0.1, 0.15) is 17.5 Å². The molecule has 0 radical (unpaired) electrons. The first-order chi connectivity index (χ1) is 8.12.